The minimum atomic E-state index is -0.265. The van der Waals surface area contributed by atoms with Gasteiger partial charge in [-0.15, -0.1) is 4.65 Å². The van der Waals surface area contributed by atoms with Crippen LogP contribution in [-0.4, -0.2) is 30.8 Å². The van der Waals surface area contributed by atoms with Crippen molar-refractivity contribution in [2.45, 2.75) is 155 Å². The lowest BCUT2D eigenvalue weighted by atomic mass is 9.98. The summed E-state index contributed by atoms with van der Waals surface area (Å²) < 4.78 is 0.333. The lowest BCUT2D eigenvalue weighted by Crippen LogP contribution is -3.00. The molecule has 0 aromatic heterocycles. The van der Waals surface area contributed by atoms with Crippen LogP contribution in [0.4, 0.5) is 0 Å². The van der Waals surface area contributed by atoms with Gasteiger partial charge >= 0.3 is 5.97 Å². The molecule has 0 spiro atoms. The van der Waals surface area contributed by atoms with Crippen molar-refractivity contribution < 1.29 is 31.3 Å². The second-order valence-electron chi connectivity index (χ2n) is 10.5. The molecule has 0 rings (SSSR count). The molecule has 0 heterocycles. The molecule has 198 valence electrons. The number of hydrogen-bond donors (Lipinski definition) is 0. The maximum atomic E-state index is 12.2. The molecule has 0 aromatic carbocycles. The quantitative estimate of drug-likeness (QED) is 0.0667. The first-order valence-corrected chi connectivity index (χ1v) is 14.1. The molecular formula is C29H58BrNO2. The summed E-state index contributed by atoms with van der Waals surface area (Å²) in [7, 11) is 4.10. The van der Waals surface area contributed by atoms with Crippen LogP contribution in [-0.2, 0) is 9.63 Å². The monoisotopic (exact) mass is 531 g/mol. The van der Waals surface area contributed by atoms with E-state index in [-0.39, 0.29) is 23.0 Å². The van der Waals surface area contributed by atoms with Crippen molar-refractivity contribution in [3.8, 4) is 0 Å². The Bertz CT molecular complexity index is 443. The Kier molecular flexibility index (Phi) is 24.7. The van der Waals surface area contributed by atoms with Crippen molar-refractivity contribution in [2.24, 2.45) is 0 Å². The molecule has 0 bridgehead atoms. The largest absolute Gasteiger partial charge is 1.00 e. The number of hydroxylamine groups is 3. The summed E-state index contributed by atoms with van der Waals surface area (Å²) in [6.45, 7) is 10.0. The van der Waals surface area contributed by atoms with E-state index < -0.39 is 0 Å². The zero-order valence-electron chi connectivity index (χ0n) is 23.1. The zero-order chi connectivity index (χ0) is 24.1. The van der Waals surface area contributed by atoms with Crippen LogP contribution in [0.2, 0.25) is 0 Å². The average Bonchev–Trinajstić information content (AvgIpc) is 2.74. The van der Waals surface area contributed by atoms with Gasteiger partial charge in [0.25, 0.3) is 0 Å². The van der Waals surface area contributed by atoms with E-state index in [2.05, 4.69) is 20.4 Å². The summed E-state index contributed by atoms with van der Waals surface area (Å²) in [5, 5.41) is 0. The average molecular weight is 533 g/mol. The van der Waals surface area contributed by atoms with Crippen molar-refractivity contribution in [2.75, 3.05) is 14.1 Å². The fourth-order valence-electron chi connectivity index (χ4n) is 4.51. The molecule has 0 fully saturated rings. The summed E-state index contributed by atoms with van der Waals surface area (Å²) in [6.07, 6.45) is 26.6. The van der Waals surface area contributed by atoms with Crippen molar-refractivity contribution in [1.29, 1.82) is 0 Å². The molecule has 0 saturated carbocycles. The molecular weight excluding hydrogens is 474 g/mol. The van der Waals surface area contributed by atoms with Gasteiger partial charge in [0, 0.05) is 18.4 Å². The van der Waals surface area contributed by atoms with Crippen LogP contribution in [0, 0.1) is 0 Å². The van der Waals surface area contributed by atoms with Gasteiger partial charge in [-0.2, -0.15) is 0 Å². The predicted octanol–water partition coefficient (Wildman–Crippen LogP) is 6.31. The lowest BCUT2D eigenvalue weighted by molar-refractivity contribution is -1.08. The Morgan fingerprint density at radius 2 is 0.970 bits per heavy atom. The minimum Gasteiger partial charge on any atom is -1.00 e. The van der Waals surface area contributed by atoms with Gasteiger partial charge < -0.3 is 17.0 Å². The number of carbonyl (C=O) groups is 1. The lowest BCUT2D eigenvalue weighted by Gasteiger charge is -2.34. The Morgan fingerprint density at radius 1 is 0.667 bits per heavy atom. The van der Waals surface area contributed by atoms with Gasteiger partial charge in [-0.3, -0.25) is 4.84 Å². The molecule has 0 unspecified atom stereocenters. The summed E-state index contributed by atoms with van der Waals surface area (Å²) in [5.41, 5.74) is 0.487. The molecule has 33 heavy (non-hydrogen) atoms. The molecule has 0 atom stereocenters. The van der Waals surface area contributed by atoms with Crippen LogP contribution in [0.5, 0.6) is 0 Å². The summed E-state index contributed by atoms with van der Waals surface area (Å²) in [6, 6.07) is 0.382. The molecule has 0 aliphatic rings. The number of carbonyl (C=O) groups excluding carboxylic acids is 1. The first-order valence-electron chi connectivity index (χ1n) is 14.1. The highest BCUT2D eigenvalue weighted by Gasteiger charge is 2.32. The molecule has 0 aliphatic heterocycles. The van der Waals surface area contributed by atoms with E-state index in [1.54, 1.807) is 6.92 Å². The number of nitrogens with zero attached hydrogens (tertiary/aromatic N) is 1. The fourth-order valence-corrected chi connectivity index (χ4v) is 4.51. The molecule has 0 amide bonds. The van der Waals surface area contributed by atoms with E-state index in [0.29, 0.717) is 16.3 Å². The van der Waals surface area contributed by atoms with Crippen molar-refractivity contribution in [1.82, 2.24) is 0 Å². The van der Waals surface area contributed by atoms with E-state index in [0.717, 1.165) is 12.8 Å². The second-order valence-corrected chi connectivity index (χ2v) is 10.5. The maximum absolute atomic E-state index is 12.2. The number of unbranched alkanes of at least 4 members (excludes halogenated alkanes) is 16. The molecule has 0 aromatic rings. The first-order chi connectivity index (χ1) is 15.3. The van der Waals surface area contributed by atoms with Gasteiger partial charge in [0.1, 0.15) is 20.1 Å². The van der Waals surface area contributed by atoms with E-state index in [1.165, 1.54) is 116 Å². The standard InChI is InChI=1S/C29H58NO2.BrH/c1-7-9-11-13-15-17-19-21-23-25-28(30(5,6)32-29(31)27(3)4)26-24-22-20-18-16-14-12-10-8-2;/h28H,3,7-26H2,1-2,4-6H3;1H/q+1;/p-1. The van der Waals surface area contributed by atoms with E-state index >= 15 is 0 Å². The van der Waals surface area contributed by atoms with Crippen molar-refractivity contribution in [3.63, 3.8) is 0 Å². The highest BCUT2D eigenvalue weighted by molar-refractivity contribution is 5.86. The molecule has 0 radical (unpaired) electrons. The van der Waals surface area contributed by atoms with Crippen LogP contribution in [0.25, 0.3) is 0 Å². The minimum absolute atomic E-state index is 0. The van der Waals surface area contributed by atoms with Crippen LogP contribution < -0.4 is 17.0 Å². The third-order valence-electron chi connectivity index (χ3n) is 6.83. The summed E-state index contributed by atoms with van der Waals surface area (Å²) in [5.74, 6) is -0.265. The maximum Gasteiger partial charge on any atom is 0.392 e. The molecule has 0 aliphatic carbocycles. The smallest absolute Gasteiger partial charge is 0.392 e. The molecule has 3 nitrogen and oxygen atoms in total. The Hall–Kier alpha value is -0.350. The van der Waals surface area contributed by atoms with Crippen LogP contribution >= 0.6 is 0 Å². The van der Waals surface area contributed by atoms with Gasteiger partial charge in [0.15, 0.2) is 0 Å². The SMILES string of the molecule is C=C(C)C(=O)O[N+](C)(C)C(CCCCCCCCCCC)CCCCCCCCCCC.[Br-]. The van der Waals surface area contributed by atoms with Crippen LogP contribution in [0.15, 0.2) is 12.2 Å². The van der Waals surface area contributed by atoms with Crippen LogP contribution in [0.1, 0.15) is 149 Å². The fraction of sp³-hybridized carbons (Fsp3) is 0.897. The number of quaternary nitrogens is 1. The Balaban J connectivity index is 0. The second kappa shape index (κ2) is 23.4. The van der Waals surface area contributed by atoms with Crippen molar-refractivity contribution >= 4 is 5.97 Å². The highest BCUT2D eigenvalue weighted by Crippen LogP contribution is 2.23. The van der Waals surface area contributed by atoms with Gasteiger partial charge in [-0.25, -0.2) is 4.79 Å². The van der Waals surface area contributed by atoms with Gasteiger partial charge in [-0.1, -0.05) is 123 Å². The molecule has 4 heteroatoms. The normalized spacial score (nSPS) is 11.5. The molecule has 0 N–H and O–H groups in total. The van der Waals surface area contributed by atoms with E-state index in [9.17, 15) is 4.79 Å². The number of hydrogen-bond acceptors (Lipinski definition) is 2. The highest BCUT2D eigenvalue weighted by atomic mass is 79.9. The summed E-state index contributed by atoms with van der Waals surface area (Å²) in [4.78, 5) is 18.0. The van der Waals surface area contributed by atoms with E-state index in [1.807, 2.05) is 14.1 Å². The topological polar surface area (TPSA) is 26.3 Å². The van der Waals surface area contributed by atoms with Crippen molar-refractivity contribution in [3.05, 3.63) is 12.2 Å². The number of rotatable bonds is 23. The summed E-state index contributed by atoms with van der Waals surface area (Å²) >= 11 is 0. The predicted molar refractivity (Wildman–Crippen MR) is 140 cm³/mol. The zero-order valence-corrected chi connectivity index (χ0v) is 24.7. The van der Waals surface area contributed by atoms with Gasteiger partial charge in [0.2, 0.25) is 0 Å². The van der Waals surface area contributed by atoms with Gasteiger partial charge in [0.05, 0.1) is 0 Å². The van der Waals surface area contributed by atoms with Gasteiger partial charge in [-0.05, 0) is 19.8 Å². The Morgan fingerprint density at radius 3 is 1.27 bits per heavy atom. The third kappa shape index (κ3) is 20.7. The number of halogens is 1. The Labute approximate surface area is 218 Å². The van der Waals surface area contributed by atoms with E-state index in [4.69, 9.17) is 4.84 Å². The van der Waals surface area contributed by atoms with Crippen LogP contribution in [0.3, 0.4) is 0 Å². The first kappa shape index (κ1) is 34.8. The molecule has 0 saturated heterocycles. The third-order valence-corrected chi connectivity index (χ3v) is 6.83.